The average molecular weight is 427 g/mol. The number of pyridine rings is 1. The zero-order chi connectivity index (χ0) is 22.3. The monoisotopic (exact) mass is 427 g/mol. The van der Waals surface area contributed by atoms with Crippen LogP contribution < -0.4 is 16.2 Å². The molecule has 1 atom stereocenters. The summed E-state index contributed by atoms with van der Waals surface area (Å²) in [4.78, 5) is 32.2. The second-order valence-corrected chi connectivity index (χ2v) is 7.12. The summed E-state index contributed by atoms with van der Waals surface area (Å²) in [5.74, 6) is -2.93. The number of fused-ring (bicyclic) bond motifs is 3. The highest BCUT2D eigenvalue weighted by atomic mass is 19.2. The Hall–Kier alpha value is -3.84. The van der Waals surface area contributed by atoms with Crippen LogP contribution in [-0.4, -0.2) is 29.5 Å². The highest BCUT2D eigenvalue weighted by molar-refractivity contribution is 5.91. The molecule has 1 aliphatic rings. The van der Waals surface area contributed by atoms with E-state index >= 15 is 0 Å². The Morgan fingerprint density at radius 2 is 1.87 bits per heavy atom. The largest absolute Gasteiger partial charge is 0.324 e. The molecule has 1 aromatic heterocycles. The lowest BCUT2D eigenvalue weighted by Gasteiger charge is -2.34. The van der Waals surface area contributed by atoms with Gasteiger partial charge in [-0.2, -0.15) is 0 Å². The van der Waals surface area contributed by atoms with Crippen molar-refractivity contribution in [2.75, 3.05) is 18.9 Å². The van der Waals surface area contributed by atoms with Crippen molar-refractivity contribution in [2.45, 2.75) is 12.6 Å². The first-order chi connectivity index (χ1) is 14.8. The fraction of sp³-hybridized carbons (Fsp3) is 0.190. The number of rotatable bonds is 2. The van der Waals surface area contributed by atoms with E-state index in [2.05, 4.69) is 20.5 Å². The van der Waals surface area contributed by atoms with E-state index in [0.717, 1.165) is 18.2 Å². The van der Waals surface area contributed by atoms with E-state index in [1.807, 2.05) is 0 Å². The maximum absolute atomic E-state index is 14.0. The number of likely N-dealkylation sites (N-methyl/N-ethyl adjacent to an activating group) is 1. The number of hydrogen-bond donors (Lipinski definition) is 3. The lowest BCUT2D eigenvalue weighted by atomic mass is 9.94. The lowest BCUT2D eigenvalue weighted by molar-refractivity contribution is 0.200. The summed E-state index contributed by atoms with van der Waals surface area (Å²) in [5, 5.41) is 5.89. The molecular weight excluding hydrogens is 411 g/mol. The summed E-state index contributed by atoms with van der Waals surface area (Å²) in [7, 11) is 1.51. The van der Waals surface area contributed by atoms with E-state index in [1.54, 1.807) is 0 Å². The van der Waals surface area contributed by atoms with Gasteiger partial charge in [-0.1, -0.05) is 0 Å². The number of H-pyrrole nitrogens is 1. The fourth-order valence-corrected chi connectivity index (χ4v) is 3.71. The van der Waals surface area contributed by atoms with E-state index < -0.39 is 35.1 Å². The predicted molar refractivity (Wildman–Crippen MR) is 108 cm³/mol. The minimum absolute atomic E-state index is 0.0152. The molecule has 3 N–H and O–H groups in total. The van der Waals surface area contributed by atoms with Crippen molar-refractivity contribution in [2.24, 2.45) is 0 Å². The molecule has 1 aliphatic heterocycles. The molecular formula is C21H16F3N5O2. The van der Waals surface area contributed by atoms with Crippen molar-refractivity contribution in [1.29, 1.82) is 0 Å². The number of hydrogen-bond acceptors (Lipinski definition) is 3. The highest BCUT2D eigenvalue weighted by Crippen LogP contribution is 2.32. The summed E-state index contributed by atoms with van der Waals surface area (Å²) < 4.78 is 41.2. The summed E-state index contributed by atoms with van der Waals surface area (Å²) in [6.07, 6.45) is 0. The van der Waals surface area contributed by atoms with Gasteiger partial charge in [0.05, 0.1) is 18.0 Å². The van der Waals surface area contributed by atoms with E-state index in [-0.39, 0.29) is 28.7 Å². The Morgan fingerprint density at radius 3 is 2.58 bits per heavy atom. The minimum Gasteiger partial charge on any atom is -0.324 e. The van der Waals surface area contributed by atoms with Crippen LogP contribution in [0.25, 0.3) is 15.6 Å². The predicted octanol–water partition coefficient (Wildman–Crippen LogP) is 3.80. The first-order valence-corrected chi connectivity index (χ1v) is 9.25. The quantitative estimate of drug-likeness (QED) is 0.544. The fourth-order valence-electron chi connectivity index (χ4n) is 3.71. The van der Waals surface area contributed by atoms with Gasteiger partial charge in [0.1, 0.15) is 5.82 Å². The topological polar surface area (TPSA) is 81.6 Å². The van der Waals surface area contributed by atoms with Crippen LogP contribution in [0.4, 0.5) is 29.3 Å². The third kappa shape index (κ3) is 3.60. The van der Waals surface area contributed by atoms with Gasteiger partial charge in [-0.05, 0) is 35.7 Å². The van der Waals surface area contributed by atoms with Crippen LogP contribution in [0.1, 0.15) is 17.3 Å². The molecule has 2 heterocycles. The molecule has 1 unspecified atom stereocenters. The van der Waals surface area contributed by atoms with E-state index in [9.17, 15) is 22.8 Å². The van der Waals surface area contributed by atoms with Crippen molar-refractivity contribution in [3.8, 4) is 0 Å². The van der Waals surface area contributed by atoms with Crippen molar-refractivity contribution >= 4 is 28.2 Å². The first kappa shape index (κ1) is 20.4. The normalized spacial score (nSPS) is 15.3. The van der Waals surface area contributed by atoms with Crippen molar-refractivity contribution < 1.29 is 18.0 Å². The average Bonchev–Trinajstić information content (AvgIpc) is 2.75. The number of nitrogens with one attached hydrogen (secondary N) is 3. The van der Waals surface area contributed by atoms with E-state index in [1.165, 1.54) is 24.1 Å². The van der Waals surface area contributed by atoms with Gasteiger partial charge in [0.25, 0.3) is 5.56 Å². The van der Waals surface area contributed by atoms with Crippen LogP contribution in [0.3, 0.4) is 0 Å². The summed E-state index contributed by atoms with van der Waals surface area (Å²) in [6, 6.07) is 4.24. The number of nitrogens with zero attached hydrogens (tertiary/aromatic N) is 2. The molecule has 0 aliphatic carbocycles. The van der Waals surface area contributed by atoms with Crippen molar-refractivity contribution in [3.63, 3.8) is 0 Å². The smallest absolute Gasteiger partial charge is 0.322 e. The Bertz CT molecular complexity index is 1320. The van der Waals surface area contributed by atoms with Gasteiger partial charge in [0, 0.05) is 37.1 Å². The molecule has 0 saturated carbocycles. The maximum atomic E-state index is 14.0. The minimum atomic E-state index is -1.14. The number of carbonyl (C=O) groups excluding carboxylic acids is 1. The molecule has 0 bridgehead atoms. The summed E-state index contributed by atoms with van der Waals surface area (Å²) >= 11 is 0. The Labute approximate surface area is 174 Å². The standard InChI is InChI=1S/C21H16F3N5O2/c1-25-16-5-10(3-4-13(16)22)27-21(31)29(2)18-9-26-8-17-19(18)11-6-14(23)15(24)7-12(11)20(30)28-17/h3-7,18,26H,8-9H2,2H3,(H,27,31)(H,28,30). The van der Waals surface area contributed by atoms with Gasteiger partial charge < -0.3 is 20.5 Å². The molecule has 0 fully saturated rings. The second-order valence-electron chi connectivity index (χ2n) is 7.12. The second kappa shape index (κ2) is 7.77. The Balaban J connectivity index is 1.73. The number of carbonyl (C=O) groups is 1. The molecule has 31 heavy (non-hydrogen) atoms. The maximum Gasteiger partial charge on any atom is 0.322 e. The Morgan fingerprint density at radius 1 is 1.16 bits per heavy atom. The molecule has 2 amide bonds. The van der Waals surface area contributed by atoms with Gasteiger partial charge in [-0.15, -0.1) is 0 Å². The zero-order valence-corrected chi connectivity index (χ0v) is 16.2. The van der Waals surface area contributed by atoms with E-state index in [0.29, 0.717) is 17.8 Å². The van der Waals surface area contributed by atoms with Gasteiger partial charge in [-0.3, -0.25) is 4.79 Å². The number of benzene rings is 2. The van der Waals surface area contributed by atoms with Crippen LogP contribution in [0.15, 0.2) is 35.1 Å². The lowest BCUT2D eigenvalue weighted by Crippen LogP contribution is -2.43. The highest BCUT2D eigenvalue weighted by Gasteiger charge is 2.30. The summed E-state index contributed by atoms with van der Waals surface area (Å²) in [6.45, 7) is 7.57. The molecule has 10 heteroatoms. The molecule has 3 aromatic rings. The molecule has 0 saturated heterocycles. The third-order valence-corrected chi connectivity index (χ3v) is 5.26. The number of aromatic nitrogens is 1. The van der Waals surface area contributed by atoms with Crippen LogP contribution in [-0.2, 0) is 6.54 Å². The van der Waals surface area contributed by atoms with Gasteiger partial charge in [0.2, 0.25) is 5.69 Å². The number of halogens is 3. The molecule has 158 valence electrons. The van der Waals surface area contributed by atoms with Crippen LogP contribution >= 0.6 is 0 Å². The molecule has 0 spiro atoms. The van der Waals surface area contributed by atoms with Crippen LogP contribution in [0.2, 0.25) is 0 Å². The first-order valence-electron chi connectivity index (χ1n) is 9.25. The summed E-state index contributed by atoms with van der Waals surface area (Å²) in [5.41, 5.74) is 0.418. The van der Waals surface area contributed by atoms with Gasteiger partial charge in [-0.25, -0.2) is 22.8 Å². The van der Waals surface area contributed by atoms with Crippen molar-refractivity contribution in [3.05, 3.63) is 80.8 Å². The van der Waals surface area contributed by atoms with Crippen molar-refractivity contribution in [1.82, 2.24) is 15.2 Å². The molecule has 4 rings (SSSR count). The number of aromatic amines is 1. The number of urea groups is 1. The SMILES string of the molecule is [C-]#[N+]c1cc(NC(=O)N(C)C2CNCc3[nH]c(=O)c4cc(F)c(F)cc4c32)ccc1F. The van der Waals surface area contributed by atoms with Gasteiger partial charge >= 0.3 is 6.03 Å². The molecule has 0 radical (unpaired) electrons. The molecule has 2 aromatic carbocycles. The zero-order valence-electron chi connectivity index (χ0n) is 16.2. The van der Waals surface area contributed by atoms with Crippen LogP contribution in [0, 0.1) is 24.0 Å². The number of anilines is 1. The third-order valence-electron chi connectivity index (χ3n) is 5.26. The molecule has 7 nitrogen and oxygen atoms in total. The van der Waals surface area contributed by atoms with Gasteiger partial charge in [0.15, 0.2) is 11.6 Å². The van der Waals surface area contributed by atoms with Crippen LogP contribution in [0.5, 0.6) is 0 Å². The van der Waals surface area contributed by atoms with E-state index in [4.69, 9.17) is 6.57 Å². The Kier molecular flexibility index (Phi) is 5.12. The number of amides is 2.